The van der Waals surface area contributed by atoms with Crippen LogP contribution in [0.25, 0.3) is 0 Å². The number of rotatable bonds is 10. The molecule has 7 heteroatoms. The Morgan fingerprint density at radius 1 is 0.926 bits per heavy atom. The van der Waals surface area contributed by atoms with Crippen LogP contribution in [0.2, 0.25) is 0 Å². The molecule has 0 saturated carbocycles. The van der Waals surface area contributed by atoms with Gasteiger partial charge in [-0.3, -0.25) is 4.55 Å². The first-order valence-electron chi connectivity index (χ1n) is 8.96. The molecule has 0 aliphatic carbocycles. The van der Waals surface area contributed by atoms with Gasteiger partial charge in [0.1, 0.15) is 16.4 Å². The van der Waals surface area contributed by atoms with Crippen molar-refractivity contribution in [3.05, 3.63) is 48.0 Å². The van der Waals surface area contributed by atoms with E-state index in [0.717, 1.165) is 19.3 Å². The van der Waals surface area contributed by atoms with Crippen LogP contribution in [0.15, 0.2) is 47.4 Å². The number of unbranched alkanes of at least 4 members (excludes halogenated alkanes) is 5. The number of benzene rings is 2. The molecule has 0 aromatic heterocycles. The van der Waals surface area contributed by atoms with E-state index < -0.39 is 10.1 Å². The van der Waals surface area contributed by atoms with Crippen molar-refractivity contribution in [1.29, 1.82) is 0 Å². The summed E-state index contributed by atoms with van der Waals surface area (Å²) in [5.41, 5.74) is 0.535. The minimum Gasteiger partial charge on any atom is -0.872 e. The number of para-hydroxylation sites is 1. The third-order valence-electron chi connectivity index (χ3n) is 4.22. The summed E-state index contributed by atoms with van der Waals surface area (Å²) in [5.74, 6) is 0.215. The van der Waals surface area contributed by atoms with Gasteiger partial charge in [0, 0.05) is 0 Å². The van der Waals surface area contributed by atoms with Crippen molar-refractivity contribution in [2.45, 2.75) is 56.8 Å². The monoisotopic (exact) mass is 400 g/mol. The third kappa shape index (κ3) is 7.47. The average molecular weight is 400 g/mol. The summed E-state index contributed by atoms with van der Waals surface area (Å²) in [4.78, 5) is -0.318. The predicted molar refractivity (Wildman–Crippen MR) is 99.3 cm³/mol. The number of hydrogen-bond donors (Lipinski definition) is 1. The zero-order valence-electron chi connectivity index (χ0n) is 16.0. The second-order valence-corrected chi connectivity index (χ2v) is 7.66. The number of hydrogen-bond acceptors (Lipinski definition) is 4. The van der Waals surface area contributed by atoms with E-state index in [2.05, 4.69) is 6.92 Å². The molecular formula is C20H25NaO5S. The molecule has 27 heavy (non-hydrogen) atoms. The first-order valence-corrected chi connectivity index (χ1v) is 10.4. The van der Waals surface area contributed by atoms with Crippen LogP contribution in [0, 0.1) is 0 Å². The van der Waals surface area contributed by atoms with Crippen molar-refractivity contribution in [3.8, 4) is 17.2 Å². The first kappa shape index (κ1) is 24.0. The molecule has 0 heterocycles. The molecule has 0 atom stereocenters. The Hall–Kier alpha value is -1.05. The molecule has 1 N–H and O–H groups in total. The van der Waals surface area contributed by atoms with Gasteiger partial charge in [-0.05, 0) is 36.6 Å². The van der Waals surface area contributed by atoms with Crippen molar-refractivity contribution in [2.24, 2.45) is 0 Å². The van der Waals surface area contributed by atoms with Gasteiger partial charge < -0.3 is 9.84 Å². The quantitative estimate of drug-likeness (QED) is 0.373. The molecule has 2 aromatic carbocycles. The van der Waals surface area contributed by atoms with Crippen molar-refractivity contribution >= 4 is 10.1 Å². The second-order valence-electron chi connectivity index (χ2n) is 6.27. The summed E-state index contributed by atoms with van der Waals surface area (Å²) in [7, 11) is -4.41. The van der Waals surface area contributed by atoms with E-state index in [1.807, 2.05) is 0 Å². The maximum Gasteiger partial charge on any atom is 1.00 e. The Bertz CT molecular complexity index is 821. The third-order valence-corrected chi connectivity index (χ3v) is 5.11. The summed E-state index contributed by atoms with van der Waals surface area (Å²) < 4.78 is 38.1. The normalized spacial score (nSPS) is 11.0. The van der Waals surface area contributed by atoms with Gasteiger partial charge in [-0.25, -0.2) is 0 Å². The van der Waals surface area contributed by atoms with Crippen LogP contribution in [0.1, 0.15) is 51.0 Å². The van der Waals surface area contributed by atoms with Gasteiger partial charge in [0.05, 0.1) is 0 Å². The van der Waals surface area contributed by atoms with Crippen LogP contribution in [-0.4, -0.2) is 13.0 Å². The maximum absolute atomic E-state index is 12.2. The fourth-order valence-electron chi connectivity index (χ4n) is 2.84. The minimum absolute atomic E-state index is 0. The predicted octanol–water partition coefficient (Wildman–Crippen LogP) is 1.71. The van der Waals surface area contributed by atoms with Crippen molar-refractivity contribution < 1.29 is 52.4 Å². The van der Waals surface area contributed by atoms with Gasteiger partial charge in [-0.2, -0.15) is 8.42 Å². The Balaban J connectivity index is 0.00000364. The van der Waals surface area contributed by atoms with Gasteiger partial charge in [0.2, 0.25) is 0 Å². The Kier molecular flexibility index (Phi) is 10.4. The molecule has 0 spiro atoms. The van der Waals surface area contributed by atoms with Gasteiger partial charge in [0.15, 0.2) is 0 Å². The van der Waals surface area contributed by atoms with E-state index >= 15 is 0 Å². The standard InChI is InChI=1S/C20H26O5S.Na/c1-2-3-4-5-6-7-11-16-17(21)12-10-14-18(16)25-19-13-8-9-15-20(19)26(22,23)24;/h8-10,12-15,21H,2-7,11H2,1H3,(H,22,23,24);/q;+1/p-1. The Labute approximate surface area is 183 Å². The molecule has 0 radical (unpaired) electrons. The molecule has 0 bridgehead atoms. The summed E-state index contributed by atoms with van der Waals surface area (Å²) >= 11 is 0. The van der Waals surface area contributed by atoms with Gasteiger partial charge >= 0.3 is 29.6 Å². The second kappa shape index (κ2) is 11.7. The van der Waals surface area contributed by atoms with E-state index in [1.165, 1.54) is 43.5 Å². The van der Waals surface area contributed by atoms with Crippen LogP contribution < -0.4 is 39.4 Å². The summed E-state index contributed by atoms with van der Waals surface area (Å²) in [6.45, 7) is 2.17. The number of ether oxygens (including phenoxy) is 1. The molecule has 0 aliphatic heterocycles. The molecule has 0 unspecified atom stereocenters. The van der Waals surface area contributed by atoms with Gasteiger partial charge in [0.25, 0.3) is 10.1 Å². The summed E-state index contributed by atoms with van der Waals surface area (Å²) in [5, 5.41) is 12.2. The molecule has 5 nitrogen and oxygen atoms in total. The molecular weight excluding hydrogens is 375 g/mol. The van der Waals surface area contributed by atoms with Crippen molar-refractivity contribution in [1.82, 2.24) is 0 Å². The smallest absolute Gasteiger partial charge is 0.872 e. The molecule has 0 saturated heterocycles. The zero-order chi connectivity index (χ0) is 19.0. The van der Waals surface area contributed by atoms with Gasteiger partial charge in [-0.1, -0.05) is 63.3 Å². The molecule has 2 rings (SSSR count). The maximum atomic E-state index is 12.2. The average Bonchev–Trinajstić information content (AvgIpc) is 2.59. The SMILES string of the molecule is CCCCCCCCc1c([O-])cccc1Oc1ccccc1S(=O)(=O)O.[Na+]. The minimum atomic E-state index is -4.41. The summed E-state index contributed by atoms with van der Waals surface area (Å²) in [6.07, 6.45) is 7.23. The topological polar surface area (TPSA) is 86.7 Å². The molecule has 0 amide bonds. The van der Waals surface area contributed by atoms with E-state index in [1.54, 1.807) is 18.2 Å². The van der Waals surface area contributed by atoms with Crippen LogP contribution in [0.3, 0.4) is 0 Å². The molecule has 142 valence electrons. The first-order chi connectivity index (χ1) is 12.4. The van der Waals surface area contributed by atoms with Crippen LogP contribution >= 0.6 is 0 Å². The molecule has 2 aromatic rings. The Morgan fingerprint density at radius 3 is 2.26 bits per heavy atom. The van der Waals surface area contributed by atoms with Crippen LogP contribution in [0.4, 0.5) is 0 Å². The van der Waals surface area contributed by atoms with Gasteiger partial charge in [-0.15, -0.1) is 5.75 Å². The van der Waals surface area contributed by atoms with E-state index in [0.29, 0.717) is 17.7 Å². The van der Waals surface area contributed by atoms with E-state index in [-0.39, 0.29) is 46.0 Å². The fourth-order valence-corrected chi connectivity index (χ4v) is 3.45. The Morgan fingerprint density at radius 2 is 1.56 bits per heavy atom. The van der Waals surface area contributed by atoms with Crippen molar-refractivity contribution in [2.75, 3.05) is 0 Å². The zero-order valence-corrected chi connectivity index (χ0v) is 18.8. The summed E-state index contributed by atoms with van der Waals surface area (Å²) in [6, 6.07) is 10.5. The fraction of sp³-hybridized carbons (Fsp3) is 0.400. The molecule has 0 aliphatic rings. The molecule has 0 fully saturated rings. The van der Waals surface area contributed by atoms with Crippen LogP contribution in [-0.2, 0) is 16.5 Å². The van der Waals surface area contributed by atoms with Crippen molar-refractivity contribution in [3.63, 3.8) is 0 Å². The van der Waals surface area contributed by atoms with Crippen LogP contribution in [0.5, 0.6) is 17.2 Å². The van der Waals surface area contributed by atoms with E-state index in [9.17, 15) is 18.1 Å². The van der Waals surface area contributed by atoms with E-state index in [4.69, 9.17) is 4.74 Å². The largest absolute Gasteiger partial charge is 1.00 e.